The molecular weight excluding hydrogens is 362 g/mol. The first-order chi connectivity index (χ1) is 13.2. The monoisotopic (exact) mass is 385 g/mol. The lowest BCUT2D eigenvalue weighted by Crippen LogP contribution is -2.51. The number of carbonyl (C=O) groups excluding carboxylic acids is 1. The summed E-state index contributed by atoms with van der Waals surface area (Å²) in [6, 6.07) is 15.7. The van der Waals surface area contributed by atoms with E-state index in [9.17, 15) is 4.79 Å². The molecule has 5 nitrogen and oxygen atoms in total. The van der Waals surface area contributed by atoms with Crippen LogP contribution in [0.25, 0.3) is 0 Å². The van der Waals surface area contributed by atoms with Gasteiger partial charge in [0, 0.05) is 43.4 Å². The number of halogens is 1. The number of nitrogens with zero attached hydrogens (tertiary/aromatic N) is 2. The van der Waals surface area contributed by atoms with E-state index < -0.39 is 0 Å². The number of rotatable bonds is 6. The Morgan fingerprint density at radius 3 is 2.37 bits per heavy atom. The molecule has 1 aliphatic rings. The predicted molar refractivity (Wildman–Crippen MR) is 110 cm³/mol. The van der Waals surface area contributed by atoms with E-state index in [0.717, 1.165) is 35.1 Å². The molecule has 6 heteroatoms. The summed E-state index contributed by atoms with van der Waals surface area (Å²) in [6.45, 7) is 7.66. The van der Waals surface area contributed by atoms with E-state index in [-0.39, 0.29) is 6.03 Å². The van der Waals surface area contributed by atoms with E-state index in [1.807, 2.05) is 41.3 Å². The van der Waals surface area contributed by atoms with Crippen molar-refractivity contribution in [3.05, 3.63) is 71.8 Å². The zero-order valence-electron chi connectivity index (χ0n) is 15.2. The van der Waals surface area contributed by atoms with Crippen LogP contribution in [-0.2, 0) is 6.61 Å². The Morgan fingerprint density at radius 1 is 1.07 bits per heavy atom. The van der Waals surface area contributed by atoms with E-state index in [1.54, 1.807) is 6.08 Å². The zero-order valence-corrected chi connectivity index (χ0v) is 16.0. The average molecular weight is 386 g/mol. The molecule has 0 unspecified atom stereocenters. The van der Waals surface area contributed by atoms with Crippen LogP contribution in [0.3, 0.4) is 0 Å². The van der Waals surface area contributed by atoms with Crippen LogP contribution in [0.4, 0.5) is 10.5 Å². The largest absolute Gasteiger partial charge is 0.489 e. The Kier molecular flexibility index (Phi) is 6.60. The van der Waals surface area contributed by atoms with Gasteiger partial charge in [-0.15, -0.1) is 6.58 Å². The fourth-order valence-electron chi connectivity index (χ4n) is 2.94. The first kappa shape index (κ1) is 19.1. The number of ether oxygens (including phenoxy) is 1. The van der Waals surface area contributed by atoms with Crippen molar-refractivity contribution in [1.82, 2.24) is 10.2 Å². The number of piperazine rings is 1. The topological polar surface area (TPSA) is 44.8 Å². The number of hydrogen-bond donors (Lipinski definition) is 1. The second-order valence-electron chi connectivity index (χ2n) is 6.36. The van der Waals surface area contributed by atoms with Crippen LogP contribution in [0.1, 0.15) is 5.56 Å². The van der Waals surface area contributed by atoms with Crippen molar-refractivity contribution in [3.63, 3.8) is 0 Å². The van der Waals surface area contributed by atoms with Crippen LogP contribution >= 0.6 is 11.6 Å². The molecule has 0 radical (unpaired) electrons. The molecule has 1 heterocycles. The third kappa shape index (κ3) is 5.41. The number of benzene rings is 2. The maximum absolute atomic E-state index is 12.0. The second-order valence-corrected chi connectivity index (χ2v) is 6.79. The molecule has 0 spiro atoms. The van der Waals surface area contributed by atoms with Gasteiger partial charge in [0.1, 0.15) is 12.4 Å². The highest BCUT2D eigenvalue weighted by atomic mass is 35.5. The van der Waals surface area contributed by atoms with Gasteiger partial charge in [-0.1, -0.05) is 29.8 Å². The molecule has 1 saturated heterocycles. The van der Waals surface area contributed by atoms with E-state index in [4.69, 9.17) is 16.3 Å². The SMILES string of the molecule is C=CCNC(=O)N1CCN(c2ccc(OCc3ccc(Cl)cc3)cc2)CC1. The van der Waals surface area contributed by atoms with Crippen LogP contribution in [0.15, 0.2) is 61.2 Å². The molecule has 2 aromatic rings. The Labute approximate surface area is 165 Å². The summed E-state index contributed by atoms with van der Waals surface area (Å²) in [6.07, 6.45) is 1.69. The molecule has 27 heavy (non-hydrogen) atoms. The van der Waals surface area contributed by atoms with E-state index >= 15 is 0 Å². The molecule has 1 fully saturated rings. The molecular formula is C21H24ClN3O2. The molecule has 0 saturated carbocycles. The van der Waals surface area contributed by atoms with Crippen molar-refractivity contribution in [2.45, 2.75) is 6.61 Å². The highest BCUT2D eigenvalue weighted by Gasteiger charge is 2.20. The summed E-state index contributed by atoms with van der Waals surface area (Å²) in [5.74, 6) is 0.830. The molecule has 2 amide bonds. The van der Waals surface area contributed by atoms with Crippen molar-refractivity contribution in [2.75, 3.05) is 37.6 Å². The van der Waals surface area contributed by atoms with Crippen LogP contribution in [0, 0.1) is 0 Å². The summed E-state index contributed by atoms with van der Waals surface area (Å²) in [4.78, 5) is 16.1. The lowest BCUT2D eigenvalue weighted by Gasteiger charge is -2.36. The van der Waals surface area contributed by atoms with E-state index in [0.29, 0.717) is 26.2 Å². The minimum atomic E-state index is -0.0273. The Balaban J connectivity index is 1.48. The summed E-state index contributed by atoms with van der Waals surface area (Å²) >= 11 is 5.89. The molecule has 0 aliphatic carbocycles. The van der Waals surface area contributed by atoms with Crippen LogP contribution in [-0.4, -0.2) is 43.7 Å². The van der Waals surface area contributed by atoms with Crippen LogP contribution in [0.2, 0.25) is 5.02 Å². The first-order valence-electron chi connectivity index (χ1n) is 9.01. The molecule has 1 N–H and O–H groups in total. The third-order valence-electron chi connectivity index (χ3n) is 4.49. The standard InChI is InChI=1S/C21H24ClN3O2/c1-2-11-23-21(26)25-14-12-24(13-15-25)19-7-9-20(10-8-19)27-16-17-3-5-18(22)6-4-17/h2-10H,1,11-16H2,(H,23,26). The number of nitrogens with one attached hydrogen (secondary N) is 1. The molecule has 0 bridgehead atoms. The quantitative estimate of drug-likeness (QED) is 0.766. The molecule has 0 aromatic heterocycles. The van der Waals surface area contributed by atoms with Gasteiger partial charge < -0.3 is 19.9 Å². The maximum atomic E-state index is 12.0. The molecule has 0 atom stereocenters. The number of amides is 2. The summed E-state index contributed by atoms with van der Waals surface area (Å²) in [5.41, 5.74) is 2.22. The Bertz CT molecular complexity index is 754. The molecule has 3 rings (SSSR count). The lowest BCUT2D eigenvalue weighted by molar-refractivity contribution is 0.195. The van der Waals surface area contributed by atoms with Gasteiger partial charge in [0.25, 0.3) is 0 Å². The summed E-state index contributed by atoms with van der Waals surface area (Å²) < 4.78 is 5.83. The fourth-order valence-corrected chi connectivity index (χ4v) is 3.07. The van der Waals surface area contributed by atoms with Gasteiger partial charge >= 0.3 is 6.03 Å². The van der Waals surface area contributed by atoms with E-state index in [1.165, 1.54) is 0 Å². The Morgan fingerprint density at radius 2 is 1.74 bits per heavy atom. The maximum Gasteiger partial charge on any atom is 0.317 e. The lowest BCUT2D eigenvalue weighted by atomic mass is 10.2. The van der Waals surface area contributed by atoms with Crippen molar-refractivity contribution >= 4 is 23.3 Å². The van der Waals surface area contributed by atoms with Gasteiger partial charge in [0.05, 0.1) is 0 Å². The van der Waals surface area contributed by atoms with Gasteiger partial charge in [-0.05, 0) is 42.0 Å². The number of urea groups is 1. The number of carbonyl (C=O) groups is 1. The second kappa shape index (κ2) is 9.33. The van der Waals surface area contributed by atoms with Crippen LogP contribution in [0.5, 0.6) is 5.75 Å². The van der Waals surface area contributed by atoms with Crippen molar-refractivity contribution < 1.29 is 9.53 Å². The van der Waals surface area contributed by atoms with Gasteiger partial charge in [-0.2, -0.15) is 0 Å². The average Bonchev–Trinajstić information content (AvgIpc) is 2.72. The molecule has 2 aromatic carbocycles. The smallest absolute Gasteiger partial charge is 0.317 e. The normalized spacial score (nSPS) is 14.0. The molecule has 142 valence electrons. The summed E-state index contributed by atoms with van der Waals surface area (Å²) in [7, 11) is 0. The number of hydrogen-bond acceptors (Lipinski definition) is 3. The van der Waals surface area contributed by atoms with Crippen molar-refractivity contribution in [1.29, 1.82) is 0 Å². The van der Waals surface area contributed by atoms with Crippen molar-refractivity contribution in [3.8, 4) is 5.75 Å². The highest BCUT2D eigenvalue weighted by Crippen LogP contribution is 2.22. The minimum Gasteiger partial charge on any atom is -0.489 e. The predicted octanol–water partition coefficient (Wildman–Crippen LogP) is 3.94. The van der Waals surface area contributed by atoms with E-state index in [2.05, 4.69) is 28.9 Å². The van der Waals surface area contributed by atoms with Gasteiger partial charge in [-0.3, -0.25) is 0 Å². The fraction of sp³-hybridized carbons (Fsp3) is 0.286. The Hall–Kier alpha value is -2.66. The number of anilines is 1. The van der Waals surface area contributed by atoms with Gasteiger partial charge in [0.2, 0.25) is 0 Å². The van der Waals surface area contributed by atoms with Gasteiger partial charge in [0.15, 0.2) is 0 Å². The van der Waals surface area contributed by atoms with Crippen LogP contribution < -0.4 is 15.0 Å². The van der Waals surface area contributed by atoms with Gasteiger partial charge in [-0.25, -0.2) is 4.79 Å². The zero-order chi connectivity index (χ0) is 19.1. The first-order valence-corrected chi connectivity index (χ1v) is 9.39. The third-order valence-corrected chi connectivity index (χ3v) is 4.74. The van der Waals surface area contributed by atoms with Crippen molar-refractivity contribution in [2.24, 2.45) is 0 Å². The minimum absolute atomic E-state index is 0.0273. The summed E-state index contributed by atoms with van der Waals surface area (Å²) in [5, 5.41) is 3.54. The molecule has 1 aliphatic heterocycles. The highest BCUT2D eigenvalue weighted by molar-refractivity contribution is 6.30.